The van der Waals surface area contributed by atoms with Crippen LogP contribution < -0.4 is 5.73 Å². The predicted molar refractivity (Wildman–Crippen MR) is 39.6 cm³/mol. The number of amides is 1. The monoisotopic (exact) mass is 161 g/mol. The molecule has 3 nitrogen and oxygen atoms in total. The van der Waals surface area contributed by atoms with Crippen molar-refractivity contribution in [3.05, 3.63) is 24.0 Å². The molecule has 10 heavy (non-hydrogen) atoms. The van der Waals surface area contributed by atoms with Crippen molar-refractivity contribution in [3.8, 4) is 0 Å². The number of nitrogens with two attached hydrogens (primary N) is 1. The normalized spacial score (nSPS) is 14.6. The maximum atomic E-state index is 10.4. The van der Waals surface area contributed by atoms with E-state index >= 15 is 0 Å². The molecule has 1 rings (SSSR count). The van der Waals surface area contributed by atoms with E-state index in [0.717, 1.165) is 0 Å². The molecule has 0 atom stereocenters. The highest BCUT2D eigenvalue weighted by molar-refractivity contribution is 5.94. The summed E-state index contributed by atoms with van der Waals surface area (Å²) in [6.07, 6.45) is 4.74. The van der Waals surface area contributed by atoms with E-state index in [4.69, 9.17) is 10.5 Å². The molecule has 0 aromatic rings. The van der Waals surface area contributed by atoms with E-state index in [2.05, 4.69) is 0 Å². The van der Waals surface area contributed by atoms with E-state index < -0.39 is 5.91 Å². The molecule has 0 saturated carbocycles. The van der Waals surface area contributed by atoms with Gasteiger partial charge in [0.1, 0.15) is 6.61 Å². The second kappa shape index (κ2) is 3.95. The lowest BCUT2D eigenvalue weighted by molar-refractivity contribution is -0.114. The molecular formula is C6H8ClNO2. The Bertz CT molecular complexity index is 186. The van der Waals surface area contributed by atoms with Crippen LogP contribution in [0.25, 0.3) is 0 Å². The molecule has 0 radical (unpaired) electrons. The summed E-state index contributed by atoms with van der Waals surface area (Å²) >= 11 is 0. The van der Waals surface area contributed by atoms with E-state index in [1.165, 1.54) is 6.26 Å². The summed E-state index contributed by atoms with van der Waals surface area (Å²) in [6.45, 7) is 0.525. The lowest BCUT2D eigenvalue weighted by Crippen LogP contribution is -2.14. The minimum atomic E-state index is -0.453. The van der Waals surface area contributed by atoms with Crippen LogP contribution in [0.1, 0.15) is 0 Å². The first-order valence-electron chi connectivity index (χ1n) is 2.59. The van der Waals surface area contributed by atoms with Crippen LogP contribution in [-0.2, 0) is 9.53 Å². The summed E-state index contributed by atoms with van der Waals surface area (Å²) in [6, 6.07) is 0. The van der Waals surface area contributed by atoms with E-state index in [9.17, 15) is 4.79 Å². The van der Waals surface area contributed by atoms with Crippen molar-refractivity contribution < 1.29 is 9.53 Å². The fourth-order valence-corrected chi connectivity index (χ4v) is 0.548. The Kier molecular flexibility index (Phi) is 3.57. The standard InChI is InChI=1S/C6H7NO2.ClH/c7-6(8)5-2-1-3-9-4-5;/h1-2,4H,3H2,(H2,7,8);1H. The number of primary amides is 1. The number of rotatable bonds is 1. The van der Waals surface area contributed by atoms with Gasteiger partial charge in [0.05, 0.1) is 11.8 Å². The van der Waals surface area contributed by atoms with Gasteiger partial charge in [-0.15, -0.1) is 12.4 Å². The second-order valence-electron chi connectivity index (χ2n) is 1.67. The molecule has 0 saturated heterocycles. The maximum Gasteiger partial charge on any atom is 0.251 e. The molecular weight excluding hydrogens is 154 g/mol. The van der Waals surface area contributed by atoms with Crippen LogP contribution in [-0.4, -0.2) is 12.5 Å². The van der Waals surface area contributed by atoms with Gasteiger partial charge < -0.3 is 10.5 Å². The van der Waals surface area contributed by atoms with Crippen LogP contribution in [0.3, 0.4) is 0 Å². The Morgan fingerprint density at radius 1 is 1.70 bits per heavy atom. The third kappa shape index (κ3) is 2.11. The van der Waals surface area contributed by atoms with Crippen molar-refractivity contribution in [1.82, 2.24) is 0 Å². The Hall–Kier alpha value is -0.960. The molecule has 0 bridgehead atoms. The summed E-state index contributed by atoms with van der Waals surface area (Å²) in [5, 5.41) is 0. The highest BCUT2D eigenvalue weighted by Crippen LogP contribution is 2.01. The fraction of sp³-hybridized carbons (Fsp3) is 0.167. The summed E-state index contributed by atoms with van der Waals surface area (Å²) in [7, 11) is 0. The fourth-order valence-electron chi connectivity index (χ4n) is 0.548. The number of carbonyl (C=O) groups excluding carboxylic acids is 1. The van der Waals surface area contributed by atoms with Crippen LogP contribution in [0.15, 0.2) is 24.0 Å². The average molecular weight is 162 g/mol. The zero-order valence-electron chi connectivity index (χ0n) is 5.24. The van der Waals surface area contributed by atoms with Gasteiger partial charge in [-0.2, -0.15) is 0 Å². The molecule has 0 unspecified atom stereocenters. The van der Waals surface area contributed by atoms with Crippen molar-refractivity contribution in [3.63, 3.8) is 0 Å². The maximum absolute atomic E-state index is 10.4. The number of ether oxygens (including phenoxy) is 1. The van der Waals surface area contributed by atoms with Gasteiger partial charge in [0.2, 0.25) is 0 Å². The molecule has 0 aromatic heterocycles. The number of hydrogen-bond donors (Lipinski definition) is 1. The molecule has 0 fully saturated rings. The minimum Gasteiger partial charge on any atom is -0.496 e. The lowest BCUT2D eigenvalue weighted by atomic mass is 10.2. The van der Waals surface area contributed by atoms with Crippen molar-refractivity contribution in [1.29, 1.82) is 0 Å². The van der Waals surface area contributed by atoms with Crippen LogP contribution in [0, 0.1) is 0 Å². The van der Waals surface area contributed by atoms with Gasteiger partial charge in [-0.05, 0) is 12.2 Å². The van der Waals surface area contributed by atoms with E-state index in [0.29, 0.717) is 12.2 Å². The highest BCUT2D eigenvalue weighted by Gasteiger charge is 2.02. The largest absolute Gasteiger partial charge is 0.496 e. The van der Waals surface area contributed by atoms with E-state index in [1.807, 2.05) is 0 Å². The van der Waals surface area contributed by atoms with Crippen molar-refractivity contribution >= 4 is 18.3 Å². The van der Waals surface area contributed by atoms with Gasteiger partial charge in [-0.25, -0.2) is 0 Å². The summed E-state index contributed by atoms with van der Waals surface area (Å²) in [5.74, 6) is -0.453. The predicted octanol–water partition coefficient (Wildman–Crippen LogP) is 0.364. The van der Waals surface area contributed by atoms with Crippen LogP contribution in [0.5, 0.6) is 0 Å². The molecule has 4 heteroatoms. The molecule has 0 aromatic carbocycles. The van der Waals surface area contributed by atoms with Crippen LogP contribution in [0.4, 0.5) is 0 Å². The zero-order chi connectivity index (χ0) is 6.69. The third-order valence-corrected chi connectivity index (χ3v) is 0.985. The quantitative estimate of drug-likeness (QED) is 0.604. The number of halogens is 1. The van der Waals surface area contributed by atoms with E-state index in [1.54, 1.807) is 12.2 Å². The third-order valence-electron chi connectivity index (χ3n) is 0.985. The minimum absolute atomic E-state index is 0. The SMILES string of the molecule is Cl.NC(=O)C1=COCC=C1. The summed E-state index contributed by atoms with van der Waals surface area (Å²) in [5.41, 5.74) is 5.35. The van der Waals surface area contributed by atoms with Crippen molar-refractivity contribution in [2.45, 2.75) is 0 Å². The van der Waals surface area contributed by atoms with E-state index in [-0.39, 0.29) is 12.4 Å². The topological polar surface area (TPSA) is 52.3 Å². The van der Waals surface area contributed by atoms with Gasteiger partial charge in [-0.1, -0.05) is 0 Å². The second-order valence-corrected chi connectivity index (χ2v) is 1.67. The molecule has 0 aliphatic carbocycles. The molecule has 1 aliphatic rings. The van der Waals surface area contributed by atoms with Gasteiger partial charge in [0, 0.05) is 0 Å². The first kappa shape index (κ1) is 9.04. The van der Waals surface area contributed by atoms with Crippen LogP contribution >= 0.6 is 12.4 Å². The van der Waals surface area contributed by atoms with Crippen LogP contribution in [0.2, 0.25) is 0 Å². The average Bonchev–Trinajstić information content (AvgIpc) is 1.90. The molecule has 0 spiro atoms. The lowest BCUT2D eigenvalue weighted by Gasteiger charge is -2.02. The first-order chi connectivity index (χ1) is 4.30. The molecule has 1 heterocycles. The summed E-state index contributed by atoms with van der Waals surface area (Å²) < 4.78 is 4.79. The van der Waals surface area contributed by atoms with Gasteiger partial charge in [-0.3, -0.25) is 4.79 Å². The smallest absolute Gasteiger partial charge is 0.251 e. The van der Waals surface area contributed by atoms with Gasteiger partial charge in [0.25, 0.3) is 5.91 Å². The Balaban J connectivity index is 0.000000810. The zero-order valence-corrected chi connectivity index (χ0v) is 6.06. The molecule has 1 aliphatic heterocycles. The first-order valence-corrected chi connectivity index (χ1v) is 2.59. The Morgan fingerprint density at radius 2 is 2.40 bits per heavy atom. The van der Waals surface area contributed by atoms with Crippen molar-refractivity contribution in [2.75, 3.05) is 6.61 Å². The molecule has 1 amide bonds. The van der Waals surface area contributed by atoms with Crippen molar-refractivity contribution in [2.24, 2.45) is 5.73 Å². The van der Waals surface area contributed by atoms with Gasteiger partial charge in [0.15, 0.2) is 0 Å². The number of carbonyl (C=O) groups is 1. The summed E-state index contributed by atoms with van der Waals surface area (Å²) in [4.78, 5) is 10.4. The highest BCUT2D eigenvalue weighted by atomic mass is 35.5. The number of hydrogen-bond acceptors (Lipinski definition) is 2. The van der Waals surface area contributed by atoms with Gasteiger partial charge >= 0.3 is 0 Å². The Morgan fingerprint density at radius 3 is 2.70 bits per heavy atom. The molecule has 2 N–H and O–H groups in total. The molecule has 56 valence electrons. The Labute approximate surface area is 64.9 Å².